The zero-order valence-electron chi connectivity index (χ0n) is 17.2. The number of benzene rings is 2. The number of carbonyl (C=O) groups is 1. The Balaban J connectivity index is 1.56. The van der Waals surface area contributed by atoms with Gasteiger partial charge in [-0.3, -0.25) is 9.78 Å². The van der Waals surface area contributed by atoms with Crippen LogP contribution in [0.4, 0.5) is 0 Å². The number of fused-ring (bicyclic) bond motifs is 1. The first kappa shape index (κ1) is 19.4. The minimum Gasteiger partial charge on any atom is -0.492 e. The van der Waals surface area contributed by atoms with Crippen LogP contribution < -0.4 is 10.1 Å². The Morgan fingerprint density at radius 3 is 2.76 bits per heavy atom. The molecule has 5 heteroatoms. The highest BCUT2D eigenvalue weighted by Crippen LogP contribution is 2.48. The topological polar surface area (TPSA) is 54.5 Å². The zero-order valence-corrected chi connectivity index (χ0v) is 17.2. The van der Waals surface area contributed by atoms with E-state index in [-0.39, 0.29) is 11.4 Å². The quantitative estimate of drug-likeness (QED) is 0.666. The molecule has 1 amide bonds. The number of nitrogens with one attached hydrogen (secondary N) is 1. The van der Waals surface area contributed by atoms with Gasteiger partial charge in [-0.05, 0) is 69.3 Å². The highest BCUT2D eigenvalue weighted by Gasteiger charge is 2.46. The number of likely N-dealkylation sites (N-methyl/N-ethyl adjacent to an activating group) is 1. The predicted octanol–water partition coefficient (Wildman–Crippen LogP) is 3.90. The summed E-state index contributed by atoms with van der Waals surface area (Å²) in [7, 11) is 4.02. The van der Waals surface area contributed by atoms with Crippen LogP contribution in [0, 0.1) is 6.92 Å². The molecule has 0 bridgehead atoms. The van der Waals surface area contributed by atoms with E-state index >= 15 is 0 Å². The van der Waals surface area contributed by atoms with E-state index in [1.165, 1.54) is 0 Å². The predicted molar refractivity (Wildman–Crippen MR) is 115 cm³/mol. The fourth-order valence-corrected chi connectivity index (χ4v) is 3.67. The van der Waals surface area contributed by atoms with Gasteiger partial charge in [-0.2, -0.15) is 0 Å². The SMILES string of the molecule is Cc1ccc(OCCN(C)C)cc1C(=O)NC1(c2cccc3ncccc23)CC1. The third-order valence-corrected chi connectivity index (χ3v) is 5.52. The molecule has 150 valence electrons. The van der Waals surface area contributed by atoms with Crippen LogP contribution in [0.1, 0.15) is 34.3 Å². The molecule has 0 radical (unpaired) electrons. The summed E-state index contributed by atoms with van der Waals surface area (Å²) in [6, 6.07) is 15.9. The van der Waals surface area contributed by atoms with Crippen molar-refractivity contribution in [2.45, 2.75) is 25.3 Å². The summed E-state index contributed by atoms with van der Waals surface area (Å²) in [5, 5.41) is 4.41. The Morgan fingerprint density at radius 2 is 2.00 bits per heavy atom. The molecule has 1 N–H and O–H groups in total. The lowest BCUT2D eigenvalue weighted by atomic mass is 9.98. The molecule has 1 heterocycles. The van der Waals surface area contributed by atoms with Crippen LogP contribution in [0.3, 0.4) is 0 Å². The molecule has 1 aromatic heterocycles. The maximum absolute atomic E-state index is 13.2. The lowest BCUT2D eigenvalue weighted by Crippen LogP contribution is -2.35. The summed E-state index contributed by atoms with van der Waals surface area (Å²) < 4.78 is 5.82. The number of amides is 1. The lowest BCUT2D eigenvalue weighted by Gasteiger charge is -2.21. The molecule has 1 saturated carbocycles. The van der Waals surface area contributed by atoms with Gasteiger partial charge in [0.05, 0.1) is 11.1 Å². The third-order valence-electron chi connectivity index (χ3n) is 5.52. The van der Waals surface area contributed by atoms with Crippen molar-refractivity contribution >= 4 is 16.8 Å². The summed E-state index contributed by atoms with van der Waals surface area (Å²) in [5.41, 5.74) is 3.40. The van der Waals surface area contributed by atoms with Gasteiger partial charge < -0.3 is 15.0 Å². The summed E-state index contributed by atoms with van der Waals surface area (Å²) in [4.78, 5) is 19.7. The van der Waals surface area contributed by atoms with E-state index in [1.807, 2.05) is 57.4 Å². The van der Waals surface area contributed by atoms with Crippen LogP contribution in [-0.4, -0.2) is 43.0 Å². The minimum atomic E-state index is -0.312. The van der Waals surface area contributed by atoms with Crippen molar-refractivity contribution in [3.63, 3.8) is 0 Å². The molecule has 1 aliphatic rings. The fourth-order valence-electron chi connectivity index (χ4n) is 3.67. The lowest BCUT2D eigenvalue weighted by molar-refractivity contribution is 0.0930. The molecular weight excluding hydrogens is 362 g/mol. The van der Waals surface area contributed by atoms with Gasteiger partial charge in [0.1, 0.15) is 12.4 Å². The number of nitrogens with zero attached hydrogens (tertiary/aromatic N) is 2. The number of aryl methyl sites for hydroxylation is 1. The summed E-state index contributed by atoms with van der Waals surface area (Å²) in [6.07, 6.45) is 3.67. The molecule has 3 aromatic rings. The molecule has 0 atom stereocenters. The van der Waals surface area contributed by atoms with E-state index in [9.17, 15) is 4.79 Å². The van der Waals surface area contributed by atoms with Gasteiger partial charge in [0.25, 0.3) is 5.91 Å². The number of pyridine rings is 1. The van der Waals surface area contributed by atoms with E-state index < -0.39 is 0 Å². The Hall–Kier alpha value is -2.92. The molecule has 29 heavy (non-hydrogen) atoms. The zero-order chi connectivity index (χ0) is 20.4. The number of carbonyl (C=O) groups excluding carboxylic acids is 1. The summed E-state index contributed by atoms with van der Waals surface area (Å²) in [5.74, 6) is 0.667. The molecular formula is C24H27N3O2. The minimum absolute atomic E-state index is 0.0565. The second-order valence-electron chi connectivity index (χ2n) is 8.04. The Bertz CT molecular complexity index is 1040. The van der Waals surface area contributed by atoms with Gasteiger partial charge in [0.15, 0.2) is 0 Å². The van der Waals surface area contributed by atoms with E-state index in [0.29, 0.717) is 12.2 Å². The molecule has 1 fully saturated rings. The van der Waals surface area contributed by atoms with Gasteiger partial charge >= 0.3 is 0 Å². The third kappa shape index (κ3) is 4.10. The van der Waals surface area contributed by atoms with Gasteiger partial charge in [-0.15, -0.1) is 0 Å². The van der Waals surface area contributed by atoms with Crippen LogP contribution in [-0.2, 0) is 5.54 Å². The Labute approximate surface area is 171 Å². The average Bonchev–Trinajstić information content (AvgIpc) is 3.49. The van der Waals surface area contributed by atoms with E-state index in [1.54, 1.807) is 6.20 Å². The number of rotatable bonds is 7. The maximum Gasteiger partial charge on any atom is 0.252 e. The molecule has 2 aromatic carbocycles. The van der Waals surface area contributed by atoms with Gasteiger partial charge in [-0.25, -0.2) is 0 Å². The van der Waals surface area contributed by atoms with Crippen molar-refractivity contribution in [1.82, 2.24) is 15.2 Å². The maximum atomic E-state index is 13.2. The Kier molecular flexibility index (Phi) is 5.24. The normalized spacial score (nSPS) is 14.8. The van der Waals surface area contributed by atoms with Crippen LogP contribution in [0.25, 0.3) is 10.9 Å². The van der Waals surface area contributed by atoms with Crippen molar-refractivity contribution in [2.75, 3.05) is 27.2 Å². The summed E-state index contributed by atoms with van der Waals surface area (Å²) in [6.45, 7) is 3.37. The molecule has 0 saturated heterocycles. The summed E-state index contributed by atoms with van der Waals surface area (Å²) >= 11 is 0. The number of aromatic nitrogens is 1. The van der Waals surface area contributed by atoms with Crippen molar-refractivity contribution in [3.05, 3.63) is 71.4 Å². The van der Waals surface area contributed by atoms with Crippen LogP contribution in [0.2, 0.25) is 0 Å². The van der Waals surface area contributed by atoms with Gasteiger partial charge in [-0.1, -0.05) is 24.3 Å². The van der Waals surface area contributed by atoms with Gasteiger partial charge in [0.2, 0.25) is 0 Å². The fraction of sp³-hybridized carbons (Fsp3) is 0.333. The Morgan fingerprint density at radius 1 is 1.17 bits per heavy atom. The first-order chi connectivity index (χ1) is 14.0. The average molecular weight is 389 g/mol. The second-order valence-corrected chi connectivity index (χ2v) is 8.04. The monoisotopic (exact) mass is 389 g/mol. The molecule has 0 aliphatic heterocycles. The van der Waals surface area contributed by atoms with Crippen molar-refractivity contribution < 1.29 is 9.53 Å². The number of hydrogen-bond donors (Lipinski definition) is 1. The highest BCUT2D eigenvalue weighted by atomic mass is 16.5. The van der Waals surface area contributed by atoms with Crippen LogP contribution in [0.15, 0.2) is 54.7 Å². The van der Waals surface area contributed by atoms with E-state index in [4.69, 9.17) is 4.74 Å². The van der Waals surface area contributed by atoms with Crippen molar-refractivity contribution in [3.8, 4) is 5.75 Å². The number of hydrogen-bond acceptors (Lipinski definition) is 4. The van der Waals surface area contributed by atoms with Crippen molar-refractivity contribution in [2.24, 2.45) is 0 Å². The van der Waals surface area contributed by atoms with Crippen LogP contribution >= 0.6 is 0 Å². The van der Waals surface area contributed by atoms with E-state index in [0.717, 1.165) is 47.2 Å². The highest BCUT2D eigenvalue weighted by molar-refractivity contribution is 5.97. The second kappa shape index (κ2) is 7.84. The first-order valence-electron chi connectivity index (χ1n) is 10.0. The molecule has 0 unspecified atom stereocenters. The smallest absolute Gasteiger partial charge is 0.252 e. The standard InChI is InChI=1S/C24H27N3O2/c1-17-9-10-18(29-15-14-27(2)3)16-20(17)23(28)26-24(11-12-24)21-7-4-8-22-19(21)6-5-13-25-22/h4-10,13,16H,11-12,14-15H2,1-3H3,(H,26,28). The van der Waals surface area contributed by atoms with E-state index in [2.05, 4.69) is 27.3 Å². The molecule has 5 nitrogen and oxygen atoms in total. The molecule has 4 rings (SSSR count). The van der Waals surface area contributed by atoms with Gasteiger partial charge in [0, 0.05) is 23.7 Å². The van der Waals surface area contributed by atoms with Crippen LogP contribution in [0.5, 0.6) is 5.75 Å². The van der Waals surface area contributed by atoms with Crippen molar-refractivity contribution in [1.29, 1.82) is 0 Å². The number of ether oxygens (including phenoxy) is 1. The largest absolute Gasteiger partial charge is 0.492 e. The molecule has 0 spiro atoms. The molecule has 1 aliphatic carbocycles. The first-order valence-corrected chi connectivity index (χ1v) is 10.0.